The first-order valence-electron chi connectivity index (χ1n) is 6.49. The summed E-state index contributed by atoms with van der Waals surface area (Å²) in [6.07, 6.45) is 1.52. The average molecular weight is 311 g/mol. The number of fused-ring (bicyclic) bond motifs is 1. The number of carbonyl (C=O) groups excluding carboxylic acids is 1. The first kappa shape index (κ1) is 13.6. The van der Waals surface area contributed by atoms with Crippen molar-refractivity contribution in [3.8, 4) is 10.7 Å². The molecule has 0 aliphatic carbocycles. The second-order valence-electron chi connectivity index (χ2n) is 4.95. The van der Waals surface area contributed by atoms with Crippen LogP contribution in [0.2, 0.25) is 5.15 Å². The molecule has 0 N–H and O–H groups in total. The third-order valence-corrected chi connectivity index (χ3v) is 4.95. The van der Waals surface area contributed by atoms with Crippen LogP contribution < -0.4 is 0 Å². The van der Waals surface area contributed by atoms with Gasteiger partial charge in [0.15, 0.2) is 11.0 Å². The summed E-state index contributed by atoms with van der Waals surface area (Å²) in [5, 5.41) is 0.550. The summed E-state index contributed by atoms with van der Waals surface area (Å²) in [7, 11) is 1.43. The zero-order valence-electron chi connectivity index (χ0n) is 11.4. The Morgan fingerprint density at radius 1 is 1.55 bits per heavy atom. The Morgan fingerprint density at radius 2 is 2.35 bits per heavy atom. The fraction of sp³-hybridized carbons (Fsp3) is 0.429. The Balaban J connectivity index is 2.01. The molecule has 4 nitrogen and oxygen atoms in total. The van der Waals surface area contributed by atoms with E-state index >= 15 is 0 Å². The quantitative estimate of drug-likeness (QED) is 0.799. The lowest BCUT2D eigenvalue weighted by Crippen LogP contribution is -2.27. The lowest BCUT2D eigenvalue weighted by Gasteiger charge is -2.23. The molecule has 1 aliphatic heterocycles. The van der Waals surface area contributed by atoms with Gasteiger partial charge in [0.05, 0.1) is 23.6 Å². The van der Waals surface area contributed by atoms with Gasteiger partial charge in [-0.2, -0.15) is 0 Å². The van der Waals surface area contributed by atoms with Gasteiger partial charge in [0.25, 0.3) is 0 Å². The summed E-state index contributed by atoms with van der Waals surface area (Å²) in [6, 6.07) is 4.11. The molecular formula is C14H15ClN2O2S. The molecule has 6 heteroatoms. The zero-order chi connectivity index (χ0) is 14.3. The molecule has 20 heavy (non-hydrogen) atoms. The summed E-state index contributed by atoms with van der Waals surface area (Å²) < 4.78 is 6.93. The normalized spacial score (nSPS) is 17.9. The van der Waals surface area contributed by atoms with Gasteiger partial charge >= 0.3 is 5.97 Å². The van der Waals surface area contributed by atoms with Gasteiger partial charge in [-0.25, -0.2) is 4.98 Å². The molecule has 0 radical (unpaired) electrons. The number of hydrogen-bond donors (Lipinski definition) is 0. The van der Waals surface area contributed by atoms with Crippen LogP contribution in [0, 0.1) is 12.8 Å². The van der Waals surface area contributed by atoms with Crippen LogP contribution in [0.5, 0.6) is 0 Å². The lowest BCUT2D eigenvalue weighted by atomic mass is 9.98. The maximum absolute atomic E-state index is 11.7. The highest BCUT2D eigenvalue weighted by Gasteiger charge is 2.30. The van der Waals surface area contributed by atoms with Gasteiger partial charge in [-0.3, -0.25) is 4.79 Å². The van der Waals surface area contributed by atoms with Crippen molar-refractivity contribution in [3.63, 3.8) is 0 Å². The standard InChI is InChI=1S/C14H15ClN2O2S/c1-8-3-6-11(20-8)13-16-12(15)10-5-4-9(7-17(10)13)14(18)19-2/h3,6,9H,4-5,7H2,1-2H3. The number of rotatable bonds is 2. The van der Waals surface area contributed by atoms with Crippen LogP contribution in [0.15, 0.2) is 12.1 Å². The highest BCUT2D eigenvalue weighted by atomic mass is 35.5. The van der Waals surface area contributed by atoms with Gasteiger partial charge in [-0.1, -0.05) is 11.6 Å². The van der Waals surface area contributed by atoms with Crippen molar-refractivity contribution in [2.24, 2.45) is 5.92 Å². The molecule has 0 aromatic carbocycles. The van der Waals surface area contributed by atoms with E-state index in [1.165, 1.54) is 12.0 Å². The minimum absolute atomic E-state index is 0.113. The van der Waals surface area contributed by atoms with Gasteiger partial charge < -0.3 is 9.30 Å². The Morgan fingerprint density at radius 3 is 3.00 bits per heavy atom. The Kier molecular flexibility index (Phi) is 3.56. The average Bonchev–Trinajstić information content (AvgIpc) is 3.02. The molecule has 106 valence electrons. The van der Waals surface area contributed by atoms with E-state index in [1.54, 1.807) is 11.3 Å². The molecule has 3 rings (SSSR count). The largest absolute Gasteiger partial charge is 0.469 e. The predicted molar refractivity (Wildman–Crippen MR) is 79.1 cm³/mol. The molecule has 1 aliphatic rings. The maximum Gasteiger partial charge on any atom is 0.310 e. The van der Waals surface area contributed by atoms with Crippen molar-refractivity contribution in [1.29, 1.82) is 0 Å². The molecule has 3 heterocycles. The molecule has 0 spiro atoms. The fourth-order valence-corrected chi connectivity index (χ4v) is 3.76. The number of carbonyl (C=O) groups is 1. The first-order chi connectivity index (χ1) is 9.60. The number of aromatic nitrogens is 2. The van der Waals surface area contributed by atoms with Gasteiger partial charge in [0, 0.05) is 11.4 Å². The number of methoxy groups -OCH3 is 1. The van der Waals surface area contributed by atoms with E-state index in [0.717, 1.165) is 29.2 Å². The minimum Gasteiger partial charge on any atom is -0.469 e. The van der Waals surface area contributed by atoms with Crippen LogP contribution in [-0.4, -0.2) is 22.6 Å². The Labute approximate surface area is 126 Å². The molecule has 0 saturated heterocycles. The number of ether oxygens (including phenoxy) is 1. The zero-order valence-corrected chi connectivity index (χ0v) is 12.9. The van der Waals surface area contributed by atoms with Crippen molar-refractivity contribution in [2.75, 3.05) is 7.11 Å². The van der Waals surface area contributed by atoms with Crippen LogP contribution in [0.1, 0.15) is 17.0 Å². The number of aryl methyl sites for hydroxylation is 1. The monoisotopic (exact) mass is 310 g/mol. The van der Waals surface area contributed by atoms with E-state index in [1.807, 2.05) is 6.07 Å². The summed E-state index contributed by atoms with van der Waals surface area (Å²) >= 11 is 7.92. The van der Waals surface area contributed by atoms with Gasteiger partial charge in [0.1, 0.15) is 0 Å². The van der Waals surface area contributed by atoms with Gasteiger partial charge in [-0.05, 0) is 31.9 Å². The van der Waals surface area contributed by atoms with Crippen molar-refractivity contribution in [3.05, 3.63) is 27.9 Å². The van der Waals surface area contributed by atoms with Crippen molar-refractivity contribution < 1.29 is 9.53 Å². The Bertz CT molecular complexity index is 662. The molecule has 1 atom stereocenters. The van der Waals surface area contributed by atoms with Crippen LogP contribution >= 0.6 is 22.9 Å². The summed E-state index contributed by atoms with van der Waals surface area (Å²) in [4.78, 5) is 18.5. The summed E-state index contributed by atoms with van der Waals surface area (Å²) in [6.45, 7) is 2.65. The highest BCUT2D eigenvalue weighted by molar-refractivity contribution is 7.15. The minimum atomic E-state index is -0.159. The predicted octanol–water partition coefficient (Wildman–Crippen LogP) is 3.31. The molecule has 2 aromatic heterocycles. The number of thiophene rings is 1. The number of halogens is 1. The van der Waals surface area contributed by atoms with E-state index in [-0.39, 0.29) is 11.9 Å². The van der Waals surface area contributed by atoms with E-state index in [9.17, 15) is 4.79 Å². The number of imidazole rings is 1. The summed E-state index contributed by atoms with van der Waals surface area (Å²) in [5.41, 5.74) is 1.02. The van der Waals surface area contributed by atoms with E-state index < -0.39 is 0 Å². The Hall–Kier alpha value is -1.33. The third kappa shape index (κ3) is 2.25. The van der Waals surface area contributed by atoms with Crippen LogP contribution in [0.3, 0.4) is 0 Å². The van der Waals surface area contributed by atoms with Gasteiger partial charge in [0.2, 0.25) is 0 Å². The lowest BCUT2D eigenvalue weighted by molar-refractivity contribution is -0.146. The smallest absolute Gasteiger partial charge is 0.310 e. The van der Waals surface area contributed by atoms with Crippen LogP contribution in [0.25, 0.3) is 10.7 Å². The molecule has 1 unspecified atom stereocenters. The van der Waals surface area contributed by atoms with Crippen molar-refractivity contribution in [1.82, 2.24) is 9.55 Å². The van der Waals surface area contributed by atoms with E-state index in [2.05, 4.69) is 22.5 Å². The van der Waals surface area contributed by atoms with Crippen LogP contribution in [-0.2, 0) is 22.5 Å². The van der Waals surface area contributed by atoms with Crippen molar-refractivity contribution >= 4 is 28.9 Å². The second-order valence-corrected chi connectivity index (χ2v) is 6.60. The molecule has 0 saturated carbocycles. The number of nitrogens with zero attached hydrogens (tertiary/aromatic N) is 2. The topological polar surface area (TPSA) is 44.1 Å². The fourth-order valence-electron chi connectivity index (χ4n) is 2.62. The molecule has 0 bridgehead atoms. The molecule has 0 fully saturated rings. The van der Waals surface area contributed by atoms with E-state index in [0.29, 0.717) is 11.7 Å². The van der Waals surface area contributed by atoms with Crippen LogP contribution in [0.4, 0.5) is 0 Å². The molecular weight excluding hydrogens is 296 g/mol. The number of hydrogen-bond acceptors (Lipinski definition) is 4. The van der Waals surface area contributed by atoms with Gasteiger partial charge in [-0.15, -0.1) is 11.3 Å². The number of esters is 1. The second kappa shape index (κ2) is 5.22. The third-order valence-electron chi connectivity index (χ3n) is 3.65. The summed E-state index contributed by atoms with van der Waals surface area (Å²) in [5.74, 6) is 0.586. The SMILES string of the molecule is COC(=O)C1CCc2c(Cl)nc(-c3ccc(C)s3)n2C1. The highest BCUT2D eigenvalue weighted by Crippen LogP contribution is 2.35. The van der Waals surface area contributed by atoms with Crippen molar-refractivity contribution in [2.45, 2.75) is 26.3 Å². The van der Waals surface area contributed by atoms with E-state index in [4.69, 9.17) is 16.3 Å². The molecule has 0 amide bonds. The molecule has 2 aromatic rings. The maximum atomic E-state index is 11.7. The first-order valence-corrected chi connectivity index (χ1v) is 7.69.